The van der Waals surface area contributed by atoms with Gasteiger partial charge in [0.25, 0.3) is 0 Å². The summed E-state index contributed by atoms with van der Waals surface area (Å²) in [5.41, 5.74) is 2.02. The van der Waals surface area contributed by atoms with Crippen molar-refractivity contribution in [3.05, 3.63) is 71.8 Å². The SMILES string of the molecule is CC(CC(=O)N1CC[C@H](C(=O)O)[C@@H]1c1ccccc1)c1ccccc1. The van der Waals surface area contributed by atoms with Gasteiger partial charge in [-0.05, 0) is 23.5 Å². The van der Waals surface area contributed by atoms with E-state index in [0.29, 0.717) is 19.4 Å². The zero-order valence-electron chi connectivity index (χ0n) is 14.3. The first-order valence-electron chi connectivity index (χ1n) is 8.70. The van der Waals surface area contributed by atoms with Crippen molar-refractivity contribution in [2.45, 2.75) is 31.7 Å². The van der Waals surface area contributed by atoms with Crippen LogP contribution in [0.3, 0.4) is 0 Å². The predicted octanol–water partition coefficient (Wildman–Crippen LogP) is 3.85. The average molecular weight is 337 g/mol. The molecule has 25 heavy (non-hydrogen) atoms. The average Bonchev–Trinajstić information content (AvgIpc) is 3.08. The second kappa shape index (κ2) is 7.51. The number of carbonyl (C=O) groups is 2. The molecule has 1 N–H and O–H groups in total. The molecule has 4 heteroatoms. The fourth-order valence-electron chi connectivity index (χ4n) is 3.67. The minimum absolute atomic E-state index is 0.0222. The van der Waals surface area contributed by atoms with Crippen LogP contribution in [-0.2, 0) is 9.59 Å². The van der Waals surface area contributed by atoms with Gasteiger partial charge in [-0.3, -0.25) is 9.59 Å². The molecule has 130 valence electrons. The molecule has 1 aliphatic rings. The van der Waals surface area contributed by atoms with Gasteiger partial charge in [0.1, 0.15) is 0 Å². The van der Waals surface area contributed by atoms with E-state index in [1.807, 2.05) is 67.6 Å². The number of aliphatic carboxylic acids is 1. The summed E-state index contributed by atoms with van der Waals surface area (Å²) in [6.45, 7) is 2.53. The van der Waals surface area contributed by atoms with E-state index in [1.54, 1.807) is 4.90 Å². The van der Waals surface area contributed by atoms with Gasteiger partial charge in [-0.1, -0.05) is 67.6 Å². The number of carboxylic acid groups (broad SMARTS) is 1. The van der Waals surface area contributed by atoms with Crippen LogP contribution in [0.5, 0.6) is 0 Å². The molecule has 2 aromatic carbocycles. The number of carboxylic acids is 1. The highest BCUT2D eigenvalue weighted by atomic mass is 16.4. The molecule has 3 rings (SSSR count). The number of likely N-dealkylation sites (tertiary alicyclic amines) is 1. The van der Waals surface area contributed by atoms with Gasteiger partial charge >= 0.3 is 5.97 Å². The first kappa shape index (κ1) is 17.2. The summed E-state index contributed by atoms with van der Waals surface area (Å²) >= 11 is 0. The lowest BCUT2D eigenvalue weighted by Gasteiger charge is -2.28. The number of carbonyl (C=O) groups excluding carboxylic acids is 1. The molecule has 1 fully saturated rings. The topological polar surface area (TPSA) is 57.6 Å². The third-order valence-corrected chi connectivity index (χ3v) is 5.03. The maximum atomic E-state index is 12.9. The fraction of sp³-hybridized carbons (Fsp3) is 0.333. The Bertz CT molecular complexity index is 729. The van der Waals surface area contributed by atoms with Crippen LogP contribution in [0.1, 0.15) is 42.9 Å². The van der Waals surface area contributed by atoms with E-state index in [2.05, 4.69) is 0 Å². The molecule has 1 heterocycles. The molecular weight excluding hydrogens is 314 g/mol. The number of amides is 1. The van der Waals surface area contributed by atoms with Gasteiger partial charge in [-0.2, -0.15) is 0 Å². The third kappa shape index (κ3) is 3.73. The highest BCUT2D eigenvalue weighted by molar-refractivity contribution is 5.80. The number of hydrogen-bond donors (Lipinski definition) is 1. The molecule has 3 atom stereocenters. The van der Waals surface area contributed by atoms with E-state index in [-0.39, 0.29) is 17.9 Å². The van der Waals surface area contributed by atoms with E-state index < -0.39 is 11.9 Å². The summed E-state index contributed by atoms with van der Waals surface area (Å²) < 4.78 is 0. The predicted molar refractivity (Wildman–Crippen MR) is 96.1 cm³/mol. The van der Waals surface area contributed by atoms with Gasteiger partial charge in [0.05, 0.1) is 12.0 Å². The molecule has 1 unspecified atom stereocenters. The Morgan fingerprint density at radius 2 is 1.68 bits per heavy atom. The molecule has 1 aliphatic heterocycles. The van der Waals surface area contributed by atoms with Crippen LogP contribution in [-0.4, -0.2) is 28.4 Å². The van der Waals surface area contributed by atoms with Crippen molar-refractivity contribution in [1.29, 1.82) is 0 Å². The second-order valence-corrected chi connectivity index (χ2v) is 6.69. The minimum Gasteiger partial charge on any atom is -0.481 e. The standard InChI is InChI=1S/C21H23NO3/c1-15(16-8-4-2-5-9-16)14-19(23)22-13-12-18(21(24)25)20(22)17-10-6-3-7-11-17/h2-11,15,18,20H,12-14H2,1H3,(H,24,25)/t15?,18-,20-/m0/s1. The fourth-order valence-corrected chi connectivity index (χ4v) is 3.67. The number of benzene rings is 2. The van der Waals surface area contributed by atoms with Crippen molar-refractivity contribution in [3.8, 4) is 0 Å². The highest BCUT2D eigenvalue weighted by Crippen LogP contribution is 2.38. The van der Waals surface area contributed by atoms with Crippen LogP contribution in [0, 0.1) is 5.92 Å². The first-order chi connectivity index (χ1) is 12.1. The van der Waals surface area contributed by atoms with Gasteiger partial charge in [0, 0.05) is 13.0 Å². The Balaban J connectivity index is 1.79. The van der Waals surface area contributed by atoms with Crippen molar-refractivity contribution >= 4 is 11.9 Å². The first-order valence-corrected chi connectivity index (χ1v) is 8.70. The normalized spacial score (nSPS) is 21.1. The number of nitrogens with zero attached hydrogens (tertiary/aromatic N) is 1. The third-order valence-electron chi connectivity index (χ3n) is 5.03. The van der Waals surface area contributed by atoms with Crippen molar-refractivity contribution in [1.82, 2.24) is 4.90 Å². The van der Waals surface area contributed by atoms with Crippen LogP contribution in [0.4, 0.5) is 0 Å². The minimum atomic E-state index is -0.833. The summed E-state index contributed by atoms with van der Waals surface area (Å²) in [7, 11) is 0. The van der Waals surface area contributed by atoms with E-state index in [4.69, 9.17) is 0 Å². The lowest BCUT2D eigenvalue weighted by Crippen LogP contribution is -2.34. The van der Waals surface area contributed by atoms with Gasteiger partial charge in [-0.15, -0.1) is 0 Å². The molecule has 1 saturated heterocycles. The molecule has 4 nitrogen and oxygen atoms in total. The van der Waals surface area contributed by atoms with Gasteiger partial charge in [-0.25, -0.2) is 0 Å². The Labute approximate surface area is 148 Å². The maximum absolute atomic E-state index is 12.9. The molecule has 1 amide bonds. The molecule has 0 bridgehead atoms. The van der Waals surface area contributed by atoms with E-state index in [9.17, 15) is 14.7 Å². The van der Waals surface area contributed by atoms with Crippen molar-refractivity contribution in [2.24, 2.45) is 5.92 Å². The monoisotopic (exact) mass is 337 g/mol. The lowest BCUT2D eigenvalue weighted by atomic mass is 9.93. The Kier molecular flexibility index (Phi) is 5.17. The largest absolute Gasteiger partial charge is 0.481 e. The van der Waals surface area contributed by atoms with Crippen molar-refractivity contribution < 1.29 is 14.7 Å². The molecule has 0 saturated carbocycles. The zero-order valence-corrected chi connectivity index (χ0v) is 14.3. The Morgan fingerprint density at radius 3 is 2.28 bits per heavy atom. The molecule has 0 spiro atoms. The second-order valence-electron chi connectivity index (χ2n) is 6.69. The van der Waals surface area contributed by atoms with Crippen LogP contribution in [0.25, 0.3) is 0 Å². The summed E-state index contributed by atoms with van der Waals surface area (Å²) in [4.78, 5) is 26.3. The van der Waals surface area contributed by atoms with Crippen LogP contribution >= 0.6 is 0 Å². The van der Waals surface area contributed by atoms with Gasteiger partial charge in [0.15, 0.2) is 0 Å². The van der Waals surface area contributed by atoms with Crippen LogP contribution in [0.15, 0.2) is 60.7 Å². The van der Waals surface area contributed by atoms with Crippen LogP contribution < -0.4 is 0 Å². The number of hydrogen-bond acceptors (Lipinski definition) is 2. The smallest absolute Gasteiger partial charge is 0.309 e. The number of rotatable bonds is 5. The lowest BCUT2D eigenvalue weighted by molar-refractivity contribution is -0.143. The summed E-state index contributed by atoms with van der Waals surface area (Å²) in [5, 5.41) is 9.57. The molecular formula is C21H23NO3. The zero-order chi connectivity index (χ0) is 17.8. The Morgan fingerprint density at radius 1 is 1.08 bits per heavy atom. The van der Waals surface area contributed by atoms with E-state index in [1.165, 1.54) is 0 Å². The summed E-state index contributed by atoms with van der Waals surface area (Å²) in [6, 6.07) is 19.1. The quantitative estimate of drug-likeness (QED) is 0.901. The van der Waals surface area contributed by atoms with Crippen molar-refractivity contribution in [2.75, 3.05) is 6.54 Å². The van der Waals surface area contributed by atoms with E-state index in [0.717, 1.165) is 11.1 Å². The Hall–Kier alpha value is -2.62. The van der Waals surface area contributed by atoms with Gasteiger partial charge < -0.3 is 10.0 Å². The summed E-state index contributed by atoms with van der Waals surface area (Å²) in [5.74, 6) is -1.25. The maximum Gasteiger partial charge on any atom is 0.309 e. The molecule has 0 radical (unpaired) electrons. The van der Waals surface area contributed by atoms with Crippen LogP contribution in [0.2, 0.25) is 0 Å². The molecule has 0 aromatic heterocycles. The molecule has 0 aliphatic carbocycles. The van der Waals surface area contributed by atoms with Crippen molar-refractivity contribution in [3.63, 3.8) is 0 Å². The summed E-state index contributed by atoms with van der Waals surface area (Å²) in [6.07, 6.45) is 0.889. The van der Waals surface area contributed by atoms with Gasteiger partial charge in [0.2, 0.25) is 5.91 Å². The molecule has 2 aromatic rings. The van der Waals surface area contributed by atoms with E-state index >= 15 is 0 Å². The highest BCUT2D eigenvalue weighted by Gasteiger charge is 2.42.